The number of nitrogens with zero attached hydrogens (tertiary/aromatic N) is 4. The topological polar surface area (TPSA) is 91.9 Å². The van der Waals surface area contributed by atoms with Gasteiger partial charge in [0.15, 0.2) is 5.82 Å². The first-order chi connectivity index (χ1) is 19.2. The molecule has 2 aliphatic rings. The molecule has 3 atom stereocenters. The van der Waals surface area contributed by atoms with Crippen molar-refractivity contribution in [3.05, 3.63) is 51.6 Å². The van der Waals surface area contributed by atoms with Gasteiger partial charge in [-0.1, -0.05) is 12.0 Å². The molecule has 0 saturated carbocycles. The lowest BCUT2D eigenvalue weighted by atomic mass is 9.95. The van der Waals surface area contributed by atoms with Crippen LogP contribution < -0.4 is 15.3 Å². The third-order valence-corrected chi connectivity index (χ3v) is 8.04. The van der Waals surface area contributed by atoms with E-state index in [0.717, 1.165) is 6.42 Å². The van der Waals surface area contributed by atoms with Gasteiger partial charge < -0.3 is 19.2 Å². The average Bonchev–Trinajstić information content (AvgIpc) is 3.24. The van der Waals surface area contributed by atoms with Crippen LogP contribution in [0.2, 0.25) is 0 Å². The number of hydrogen-bond donors (Lipinski definition) is 1. The summed E-state index contributed by atoms with van der Waals surface area (Å²) in [6.45, 7) is 4.98. The quantitative estimate of drug-likeness (QED) is 0.365. The third kappa shape index (κ3) is 4.21. The number of aromatic nitrogens is 2. The van der Waals surface area contributed by atoms with Crippen molar-refractivity contribution in [1.82, 2.24) is 14.9 Å². The zero-order valence-corrected chi connectivity index (χ0v) is 22.4. The Morgan fingerprint density at radius 1 is 1.27 bits per heavy atom. The van der Waals surface area contributed by atoms with Crippen LogP contribution in [0.5, 0.6) is 11.8 Å². The molecule has 0 bridgehead atoms. The molecule has 40 heavy (non-hydrogen) atoms. The van der Waals surface area contributed by atoms with Gasteiger partial charge in [-0.3, -0.25) is 4.90 Å². The fourth-order valence-electron chi connectivity index (χ4n) is 5.70. The van der Waals surface area contributed by atoms with Gasteiger partial charge in [-0.05, 0) is 57.3 Å². The number of likely N-dealkylation sites (N-methyl/N-ethyl adjacent to an activating group) is 1. The molecule has 2 aromatic carbocycles. The van der Waals surface area contributed by atoms with Crippen molar-refractivity contribution in [3.63, 3.8) is 0 Å². The second-order valence-electron chi connectivity index (χ2n) is 10.6. The Labute approximate surface area is 229 Å². The summed E-state index contributed by atoms with van der Waals surface area (Å²) in [5.41, 5.74) is 0.354. The number of aryl methyl sites for hydroxylation is 1. The van der Waals surface area contributed by atoms with Crippen molar-refractivity contribution < 1.29 is 23.0 Å². The maximum Gasteiger partial charge on any atom is 0.349 e. The maximum atomic E-state index is 14.7. The number of hydrogen-bond acceptors (Lipinski definition) is 8. The van der Waals surface area contributed by atoms with E-state index in [4.69, 9.17) is 15.6 Å². The maximum absolute atomic E-state index is 14.7. The molecule has 0 unspecified atom stereocenters. The summed E-state index contributed by atoms with van der Waals surface area (Å²) in [5.74, 6) is 2.17. The monoisotopic (exact) mass is 546 g/mol. The Hall–Kier alpha value is -4.23. The number of benzene rings is 2. The lowest BCUT2D eigenvalue weighted by molar-refractivity contribution is 0.188. The van der Waals surface area contributed by atoms with E-state index >= 15 is 0 Å². The second kappa shape index (κ2) is 9.75. The van der Waals surface area contributed by atoms with Crippen LogP contribution >= 0.6 is 0 Å². The molecule has 4 heterocycles. The number of alkyl halides is 1. The summed E-state index contributed by atoms with van der Waals surface area (Å²) in [6, 6.07) is 5.67. The van der Waals surface area contributed by atoms with Crippen molar-refractivity contribution in [2.45, 2.75) is 44.9 Å². The number of terminal acetylenes is 1. The first kappa shape index (κ1) is 26.0. The number of phenolic OH excluding ortho intramolecular Hbond substituents is 1. The van der Waals surface area contributed by atoms with E-state index < -0.39 is 17.6 Å². The number of ether oxygens (including phenoxy) is 1. The minimum atomic E-state index is -0.919. The van der Waals surface area contributed by atoms with Crippen LogP contribution in [0.4, 0.5) is 14.6 Å². The highest BCUT2D eigenvalue weighted by Crippen LogP contribution is 2.40. The highest BCUT2D eigenvalue weighted by Gasteiger charge is 2.32. The Morgan fingerprint density at radius 3 is 2.73 bits per heavy atom. The van der Waals surface area contributed by atoms with Crippen LogP contribution in [0.3, 0.4) is 0 Å². The standard InChI is InChI=1S/C30H28F2N4O4/c1-5-21-23(32)7-6-17-10-20(37)12-22(24(17)21)27-16(3)26-25(29(38)40-27)28(36-9-8-15(36)2)34-30(33-26)39-14-19-11-18(31)13-35(19)4/h1,6-7,10,12,15,18-19,37H,8-9,11,13-14H2,2-4H3/t15-,18-,19+/m1/s1. The Kier molecular flexibility index (Phi) is 6.34. The summed E-state index contributed by atoms with van der Waals surface area (Å²) in [5, 5.41) is 11.5. The predicted octanol–water partition coefficient (Wildman–Crippen LogP) is 4.56. The van der Waals surface area contributed by atoms with E-state index in [-0.39, 0.29) is 52.7 Å². The van der Waals surface area contributed by atoms with Gasteiger partial charge in [-0.15, -0.1) is 6.42 Å². The van der Waals surface area contributed by atoms with Gasteiger partial charge in [0, 0.05) is 41.7 Å². The molecule has 2 fully saturated rings. The van der Waals surface area contributed by atoms with Crippen LogP contribution in [-0.2, 0) is 0 Å². The molecule has 0 amide bonds. The van der Waals surface area contributed by atoms with Gasteiger partial charge in [-0.2, -0.15) is 9.97 Å². The van der Waals surface area contributed by atoms with Crippen molar-refractivity contribution in [2.24, 2.45) is 0 Å². The van der Waals surface area contributed by atoms with E-state index in [1.54, 1.807) is 6.92 Å². The molecule has 2 aromatic heterocycles. The Morgan fingerprint density at radius 2 is 2.08 bits per heavy atom. The van der Waals surface area contributed by atoms with Crippen LogP contribution in [0.25, 0.3) is 33.0 Å². The van der Waals surface area contributed by atoms with Crippen LogP contribution in [-0.4, -0.2) is 65.0 Å². The Bertz CT molecular complexity index is 1770. The first-order valence-corrected chi connectivity index (χ1v) is 13.2. The van der Waals surface area contributed by atoms with E-state index in [1.165, 1.54) is 24.3 Å². The molecule has 8 nitrogen and oxygen atoms in total. The van der Waals surface area contributed by atoms with Crippen LogP contribution in [0.1, 0.15) is 30.9 Å². The lowest BCUT2D eigenvalue weighted by Gasteiger charge is -2.40. The minimum Gasteiger partial charge on any atom is -0.508 e. The highest BCUT2D eigenvalue weighted by molar-refractivity contribution is 6.03. The van der Waals surface area contributed by atoms with Crippen LogP contribution in [0.15, 0.2) is 33.5 Å². The number of likely N-dealkylation sites (tertiary alicyclic amines) is 1. The van der Waals surface area contributed by atoms with E-state index in [2.05, 4.69) is 15.9 Å². The summed E-state index contributed by atoms with van der Waals surface area (Å²) in [4.78, 5) is 26.6. The number of rotatable bonds is 5. The molecular formula is C30H28F2N4O4. The molecule has 0 aliphatic carbocycles. The van der Waals surface area contributed by atoms with Crippen molar-refractivity contribution in [1.29, 1.82) is 0 Å². The number of anilines is 1. The fourth-order valence-corrected chi connectivity index (χ4v) is 5.70. The lowest BCUT2D eigenvalue weighted by Crippen LogP contribution is -2.46. The first-order valence-electron chi connectivity index (χ1n) is 13.2. The molecule has 4 aromatic rings. The summed E-state index contributed by atoms with van der Waals surface area (Å²) >= 11 is 0. The zero-order valence-electron chi connectivity index (χ0n) is 22.4. The number of phenols is 1. The zero-order chi connectivity index (χ0) is 28.3. The molecule has 2 saturated heterocycles. The molecule has 2 aliphatic heterocycles. The number of aromatic hydroxyl groups is 1. The van der Waals surface area contributed by atoms with Gasteiger partial charge >= 0.3 is 11.6 Å². The molecule has 0 spiro atoms. The SMILES string of the molecule is C#Cc1c(F)ccc2cc(O)cc(-c3oc(=O)c4c(N5CC[C@H]5C)nc(OC[C@@H]5C[C@@H](F)CN5C)nc4c3C)c12. The largest absolute Gasteiger partial charge is 0.508 e. The van der Waals surface area contributed by atoms with Crippen molar-refractivity contribution >= 4 is 27.5 Å². The minimum absolute atomic E-state index is 0.0108. The number of halogens is 2. The van der Waals surface area contributed by atoms with E-state index in [1.807, 2.05) is 23.8 Å². The summed E-state index contributed by atoms with van der Waals surface area (Å²) < 4.78 is 40.5. The average molecular weight is 547 g/mol. The molecule has 1 N–H and O–H groups in total. The second-order valence-corrected chi connectivity index (χ2v) is 10.6. The van der Waals surface area contributed by atoms with Crippen LogP contribution in [0, 0.1) is 25.1 Å². The Balaban J connectivity index is 1.56. The smallest absolute Gasteiger partial charge is 0.349 e. The summed E-state index contributed by atoms with van der Waals surface area (Å²) in [6.07, 6.45) is 6.03. The predicted molar refractivity (Wildman–Crippen MR) is 148 cm³/mol. The third-order valence-electron chi connectivity index (χ3n) is 8.04. The number of fused-ring (bicyclic) bond motifs is 2. The van der Waals surface area contributed by atoms with Gasteiger partial charge in [0.2, 0.25) is 0 Å². The molecule has 0 radical (unpaired) electrons. The van der Waals surface area contributed by atoms with E-state index in [9.17, 15) is 18.7 Å². The molecule has 206 valence electrons. The fraction of sp³-hybridized carbons (Fsp3) is 0.367. The van der Waals surface area contributed by atoms with Gasteiger partial charge in [0.1, 0.15) is 35.5 Å². The van der Waals surface area contributed by atoms with Gasteiger partial charge in [0.25, 0.3) is 0 Å². The molecule has 10 heteroatoms. The van der Waals surface area contributed by atoms with E-state index in [0.29, 0.717) is 47.2 Å². The van der Waals surface area contributed by atoms with Gasteiger partial charge in [-0.25, -0.2) is 13.6 Å². The van der Waals surface area contributed by atoms with Crippen molar-refractivity contribution in [3.8, 4) is 35.4 Å². The normalized spacial score (nSPS) is 21.1. The molecule has 6 rings (SSSR count). The summed E-state index contributed by atoms with van der Waals surface area (Å²) in [7, 11) is 1.84. The van der Waals surface area contributed by atoms with Crippen molar-refractivity contribution in [2.75, 3.05) is 31.6 Å². The highest BCUT2D eigenvalue weighted by atomic mass is 19.1. The van der Waals surface area contributed by atoms with Gasteiger partial charge in [0.05, 0.1) is 11.1 Å². The molecular weight excluding hydrogens is 518 g/mol.